The van der Waals surface area contributed by atoms with Crippen molar-refractivity contribution in [2.24, 2.45) is 0 Å². The number of carbonyl (C=O) groups excluding carboxylic acids is 3. The number of Topliss-reactive ketones (excluding diaryl/α,β-unsaturated/α-hetero) is 1. The number of rotatable bonds is 8. The van der Waals surface area contributed by atoms with E-state index in [2.05, 4.69) is 5.32 Å². The monoisotopic (exact) mass is 381 g/mol. The van der Waals surface area contributed by atoms with Crippen molar-refractivity contribution in [3.8, 4) is 0 Å². The zero-order chi connectivity index (χ0) is 20.1. The summed E-state index contributed by atoms with van der Waals surface area (Å²) >= 11 is 0. The number of amides is 2. The van der Waals surface area contributed by atoms with E-state index in [1.165, 1.54) is 4.90 Å². The summed E-state index contributed by atoms with van der Waals surface area (Å²) in [6.45, 7) is 4.93. The highest BCUT2D eigenvalue weighted by Crippen LogP contribution is 2.22. The summed E-state index contributed by atoms with van der Waals surface area (Å²) in [5.41, 5.74) is 1.04. The molecule has 0 aliphatic heterocycles. The van der Waals surface area contributed by atoms with Gasteiger partial charge in [0.15, 0.2) is 0 Å². The van der Waals surface area contributed by atoms with Crippen LogP contribution >= 0.6 is 0 Å². The van der Waals surface area contributed by atoms with E-state index in [1.54, 1.807) is 35.2 Å². The Labute approximate surface area is 162 Å². The zero-order valence-electron chi connectivity index (χ0n) is 16.0. The summed E-state index contributed by atoms with van der Waals surface area (Å²) in [5.74, 6) is -0.651. The third kappa shape index (κ3) is 3.98. The topological polar surface area (TPSA) is 84.5 Å². The number of fused-ring (bicyclic) bond motifs is 1. The Kier molecular flexibility index (Phi) is 5.93. The van der Waals surface area contributed by atoms with E-state index in [1.807, 2.05) is 32.0 Å². The van der Waals surface area contributed by atoms with Gasteiger partial charge in [-0.05, 0) is 32.0 Å². The minimum atomic E-state index is -0.561. The number of furan rings is 1. The maximum atomic E-state index is 12.8. The first kappa shape index (κ1) is 19.4. The predicted molar refractivity (Wildman–Crippen MR) is 105 cm³/mol. The van der Waals surface area contributed by atoms with Crippen LogP contribution in [0.5, 0.6) is 0 Å². The standard InChI is InChI=1S/C21H23N3O4/c1-3-23(4-2)21(27)20(26)17-13-24(18-10-6-5-9-16(17)18)14-19(25)22-12-15-8-7-11-28-15/h5-11,13H,3-4,12,14H2,1-2H3,(H,22,25). The van der Waals surface area contributed by atoms with Crippen molar-refractivity contribution in [3.05, 3.63) is 60.2 Å². The minimum Gasteiger partial charge on any atom is -0.467 e. The van der Waals surface area contributed by atoms with E-state index in [4.69, 9.17) is 4.42 Å². The van der Waals surface area contributed by atoms with Gasteiger partial charge in [-0.25, -0.2) is 0 Å². The Morgan fingerprint density at radius 1 is 1.07 bits per heavy atom. The smallest absolute Gasteiger partial charge is 0.295 e. The Bertz CT molecular complexity index is 984. The number of likely N-dealkylation sites (N-methyl/N-ethyl adjacent to an activating group) is 1. The first-order valence-corrected chi connectivity index (χ1v) is 9.25. The summed E-state index contributed by atoms with van der Waals surface area (Å²) in [7, 11) is 0. The highest BCUT2D eigenvalue weighted by atomic mass is 16.3. The molecule has 0 bridgehead atoms. The van der Waals surface area contributed by atoms with Crippen molar-refractivity contribution < 1.29 is 18.8 Å². The first-order chi connectivity index (χ1) is 13.5. The molecule has 2 heterocycles. The second-order valence-corrected chi connectivity index (χ2v) is 6.35. The van der Waals surface area contributed by atoms with Crippen LogP contribution in [0, 0.1) is 0 Å². The molecule has 7 heteroatoms. The number of para-hydroxylation sites is 1. The van der Waals surface area contributed by atoms with Crippen molar-refractivity contribution in [3.63, 3.8) is 0 Å². The summed E-state index contributed by atoms with van der Waals surface area (Å²) in [4.78, 5) is 39.1. The molecule has 0 atom stereocenters. The molecule has 0 aliphatic rings. The molecule has 2 amide bonds. The highest BCUT2D eigenvalue weighted by molar-refractivity contribution is 6.44. The van der Waals surface area contributed by atoms with Crippen molar-refractivity contribution in [1.29, 1.82) is 0 Å². The molecule has 0 aliphatic carbocycles. The van der Waals surface area contributed by atoms with Crippen molar-refractivity contribution >= 4 is 28.5 Å². The van der Waals surface area contributed by atoms with Crippen molar-refractivity contribution in [2.45, 2.75) is 26.9 Å². The fraction of sp³-hybridized carbons (Fsp3) is 0.286. The third-order valence-corrected chi connectivity index (χ3v) is 4.63. The van der Waals surface area contributed by atoms with E-state index in [0.29, 0.717) is 29.8 Å². The summed E-state index contributed by atoms with van der Waals surface area (Å²) in [6.07, 6.45) is 3.13. The molecule has 1 aromatic carbocycles. The van der Waals surface area contributed by atoms with E-state index in [9.17, 15) is 14.4 Å². The molecule has 0 spiro atoms. The number of hydrogen-bond acceptors (Lipinski definition) is 4. The van der Waals surface area contributed by atoms with Crippen LogP contribution in [0.2, 0.25) is 0 Å². The van der Waals surface area contributed by atoms with Crippen LogP contribution in [0.15, 0.2) is 53.3 Å². The summed E-state index contributed by atoms with van der Waals surface area (Å²) in [6, 6.07) is 10.8. The van der Waals surface area contributed by atoms with Gasteiger partial charge in [-0.1, -0.05) is 18.2 Å². The van der Waals surface area contributed by atoms with Crippen LogP contribution in [0.3, 0.4) is 0 Å². The number of hydrogen-bond donors (Lipinski definition) is 1. The number of nitrogens with one attached hydrogen (secondary N) is 1. The molecule has 7 nitrogen and oxygen atoms in total. The molecule has 3 aromatic rings. The normalized spacial score (nSPS) is 10.8. The van der Waals surface area contributed by atoms with Crippen LogP contribution in [0.25, 0.3) is 10.9 Å². The predicted octanol–water partition coefficient (Wildman–Crippen LogP) is 2.60. The second kappa shape index (κ2) is 8.56. The Morgan fingerprint density at radius 2 is 1.82 bits per heavy atom. The Hall–Kier alpha value is -3.35. The largest absolute Gasteiger partial charge is 0.467 e. The van der Waals surface area contributed by atoms with Gasteiger partial charge in [0, 0.05) is 30.2 Å². The van der Waals surface area contributed by atoms with Gasteiger partial charge in [0.25, 0.3) is 11.7 Å². The molecular weight excluding hydrogens is 358 g/mol. The van der Waals surface area contributed by atoms with Crippen LogP contribution in [-0.4, -0.2) is 40.2 Å². The van der Waals surface area contributed by atoms with Crippen LogP contribution < -0.4 is 5.32 Å². The summed E-state index contributed by atoms with van der Waals surface area (Å²) in [5, 5.41) is 3.44. The molecule has 0 radical (unpaired) electrons. The van der Waals surface area contributed by atoms with E-state index >= 15 is 0 Å². The van der Waals surface area contributed by atoms with Gasteiger partial charge < -0.3 is 19.2 Å². The molecule has 0 saturated heterocycles. The quantitative estimate of drug-likeness (QED) is 0.480. The van der Waals surface area contributed by atoms with Crippen molar-refractivity contribution in [2.75, 3.05) is 13.1 Å². The molecule has 1 N–H and O–H groups in total. The van der Waals surface area contributed by atoms with Gasteiger partial charge in [0.1, 0.15) is 12.3 Å². The van der Waals surface area contributed by atoms with Gasteiger partial charge in [0.2, 0.25) is 5.91 Å². The number of benzene rings is 1. The average molecular weight is 381 g/mol. The summed E-state index contributed by atoms with van der Waals surface area (Å²) < 4.78 is 6.89. The average Bonchev–Trinajstić information content (AvgIpc) is 3.35. The molecule has 0 saturated carbocycles. The maximum absolute atomic E-state index is 12.8. The number of nitrogens with zero attached hydrogens (tertiary/aromatic N) is 2. The molecule has 3 rings (SSSR count). The molecule has 2 aromatic heterocycles. The third-order valence-electron chi connectivity index (χ3n) is 4.63. The second-order valence-electron chi connectivity index (χ2n) is 6.35. The molecular formula is C21H23N3O4. The lowest BCUT2D eigenvalue weighted by molar-refractivity contribution is -0.126. The first-order valence-electron chi connectivity index (χ1n) is 9.25. The number of carbonyl (C=O) groups is 3. The zero-order valence-corrected chi connectivity index (χ0v) is 16.0. The minimum absolute atomic E-state index is 0.0357. The van der Waals surface area contributed by atoms with Gasteiger partial charge in [0.05, 0.1) is 18.4 Å². The van der Waals surface area contributed by atoms with Gasteiger partial charge in [-0.3, -0.25) is 14.4 Å². The van der Waals surface area contributed by atoms with Crippen LogP contribution in [-0.2, 0) is 22.7 Å². The SMILES string of the molecule is CCN(CC)C(=O)C(=O)c1cn(CC(=O)NCc2ccco2)c2ccccc12. The molecule has 0 unspecified atom stereocenters. The molecule has 0 fully saturated rings. The van der Waals surface area contributed by atoms with Gasteiger partial charge >= 0.3 is 0 Å². The van der Waals surface area contributed by atoms with E-state index < -0.39 is 11.7 Å². The number of aromatic nitrogens is 1. The number of ketones is 1. The van der Waals surface area contributed by atoms with Crippen LogP contribution in [0.1, 0.15) is 30.0 Å². The van der Waals surface area contributed by atoms with Crippen molar-refractivity contribution in [1.82, 2.24) is 14.8 Å². The van der Waals surface area contributed by atoms with Crippen LogP contribution in [0.4, 0.5) is 0 Å². The maximum Gasteiger partial charge on any atom is 0.295 e. The lowest BCUT2D eigenvalue weighted by atomic mass is 10.1. The van der Waals surface area contributed by atoms with Gasteiger partial charge in [-0.2, -0.15) is 0 Å². The van der Waals surface area contributed by atoms with E-state index in [-0.39, 0.29) is 19.0 Å². The Balaban J connectivity index is 1.83. The fourth-order valence-electron chi connectivity index (χ4n) is 3.14. The molecule has 28 heavy (non-hydrogen) atoms. The lowest BCUT2D eigenvalue weighted by Gasteiger charge is -2.17. The molecule has 146 valence electrons. The highest BCUT2D eigenvalue weighted by Gasteiger charge is 2.25. The Morgan fingerprint density at radius 3 is 2.50 bits per heavy atom. The fourth-order valence-corrected chi connectivity index (χ4v) is 3.14. The van der Waals surface area contributed by atoms with Gasteiger partial charge in [-0.15, -0.1) is 0 Å². The van der Waals surface area contributed by atoms with E-state index in [0.717, 1.165) is 5.52 Å². The lowest BCUT2D eigenvalue weighted by Crippen LogP contribution is -2.36.